The van der Waals surface area contributed by atoms with Gasteiger partial charge in [-0.3, -0.25) is 4.79 Å². The lowest BCUT2D eigenvalue weighted by Gasteiger charge is -2.23. The van der Waals surface area contributed by atoms with E-state index < -0.39 is 0 Å². The minimum Gasteiger partial charge on any atom is -0.368 e. The van der Waals surface area contributed by atoms with Crippen LogP contribution in [-0.4, -0.2) is 30.1 Å². The summed E-state index contributed by atoms with van der Waals surface area (Å²) in [6.45, 7) is 2.39. The molecule has 0 radical (unpaired) electrons. The molecule has 92 valence electrons. The van der Waals surface area contributed by atoms with Crippen molar-refractivity contribution in [1.29, 1.82) is 0 Å². The molecule has 1 amide bonds. The highest BCUT2D eigenvalue weighted by atomic mass is 32.1. The van der Waals surface area contributed by atoms with Gasteiger partial charge in [0.1, 0.15) is 6.10 Å². The van der Waals surface area contributed by atoms with Crippen molar-refractivity contribution < 1.29 is 9.53 Å². The van der Waals surface area contributed by atoms with E-state index in [0.717, 1.165) is 45.4 Å². The molecule has 3 rings (SSSR count). The number of fused-ring (bicyclic) bond motifs is 1. The van der Waals surface area contributed by atoms with Gasteiger partial charge >= 0.3 is 0 Å². The van der Waals surface area contributed by atoms with Crippen LogP contribution in [0.25, 0.3) is 0 Å². The fraction of sp³-hybridized carbons (Fsp3) is 0.615. The van der Waals surface area contributed by atoms with Crippen molar-refractivity contribution in [2.24, 2.45) is 0 Å². The lowest BCUT2D eigenvalue weighted by atomic mass is 10.2. The Morgan fingerprint density at radius 2 is 2.41 bits per heavy atom. The average molecular weight is 251 g/mol. The summed E-state index contributed by atoms with van der Waals surface area (Å²) < 4.78 is 5.49. The second kappa shape index (κ2) is 4.78. The van der Waals surface area contributed by atoms with Crippen molar-refractivity contribution in [1.82, 2.24) is 4.90 Å². The van der Waals surface area contributed by atoms with Gasteiger partial charge in [0.05, 0.1) is 0 Å². The maximum absolute atomic E-state index is 12.3. The molecular formula is C13H17NO2S. The molecule has 17 heavy (non-hydrogen) atoms. The van der Waals surface area contributed by atoms with E-state index in [2.05, 4.69) is 11.4 Å². The van der Waals surface area contributed by atoms with Crippen molar-refractivity contribution in [3.63, 3.8) is 0 Å². The number of carbonyl (C=O) groups is 1. The van der Waals surface area contributed by atoms with Gasteiger partial charge in [0.15, 0.2) is 0 Å². The first-order valence-corrected chi connectivity index (χ1v) is 7.18. The van der Waals surface area contributed by atoms with Crippen LogP contribution in [0.5, 0.6) is 0 Å². The number of aryl methyl sites for hydroxylation is 1. The summed E-state index contributed by atoms with van der Waals surface area (Å²) >= 11 is 1.82. The van der Waals surface area contributed by atoms with Crippen molar-refractivity contribution >= 4 is 17.2 Å². The Kier molecular flexibility index (Phi) is 3.16. The van der Waals surface area contributed by atoms with E-state index in [9.17, 15) is 4.79 Å². The average Bonchev–Trinajstić information content (AvgIpc) is 2.96. The van der Waals surface area contributed by atoms with E-state index >= 15 is 0 Å². The molecule has 3 nitrogen and oxygen atoms in total. The standard InChI is InChI=1S/C13H17NO2S/c15-13(11-3-2-7-16-11)14-6-1-4-12-10(9-14)5-8-17-12/h5,8,11H,1-4,6-7,9H2. The Balaban J connectivity index is 1.73. The third kappa shape index (κ3) is 2.24. The van der Waals surface area contributed by atoms with E-state index in [-0.39, 0.29) is 12.0 Å². The first-order valence-electron chi connectivity index (χ1n) is 6.30. The number of hydrogen-bond acceptors (Lipinski definition) is 3. The summed E-state index contributed by atoms with van der Waals surface area (Å²) in [6, 6.07) is 2.15. The van der Waals surface area contributed by atoms with Crippen molar-refractivity contribution in [2.45, 2.75) is 38.3 Å². The molecule has 1 fully saturated rings. The van der Waals surface area contributed by atoms with E-state index in [1.807, 2.05) is 16.2 Å². The van der Waals surface area contributed by atoms with Gasteiger partial charge in [-0.15, -0.1) is 11.3 Å². The van der Waals surface area contributed by atoms with Crippen molar-refractivity contribution in [3.05, 3.63) is 21.9 Å². The third-order valence-electron chi connectivity index (χ3n) is 3.55. The number of hydrogen-bond donors (Lipinski definition) is 0. The first kappa shape index (κ1) is 11.2. The van der Waals surface area contributed by atoms with Crippen LogP contribution in [0, 0.1) is 0 Å². The van der Waals surface area contributed by atoms with Gasteiger partial charge in [0.25, 0.3) is 5.91 Å². The fourth-order valence-corrected chi connectivity index (χ4v) is 3.55. The lowest BCUT2D eigenvalue weighted by molar-refractivity contribution is -0.141. The summed E-state index contributed by atoms with van der Waals surface area (Å²) in [6.07, 6.45) is 3.93. The second-order valence-corrected chi connectivity index (χ2v) is 5.73. The number of amides is 1. The minimum atomic E-state index is -0.171. The summed E-state index contributed by atoms with van der Waals surface area (Å²) in [5.41, 5.74) is 1.33. The molecule has 0 aliphatic carbocycles. The Bertz CT molecular complexity index is 409. The molecule has 0 bridgehead atoms. The lowest BCUT2D eigenvalue weighted by Crippen LogP contribution is -2.38. The van der Waals surface area contributed by atoms with Gasteiger partial charge in [-0.2, -0.15) is 0 Å². The van der Waals surface area contributed by atoms with Gasteiger partial charge in [0.2, 0.25) is 0 Å². The Morgan fingerprint density at radius 3 is 3.24 bits per heavy atom. The van der Waals surface area contributed by atoms with Crippen LogP contribution in [0.3, 0.4) is 0 Å². The van der Waals surface area contributed by atoms with E-state index in [1.54, 1.807) is 0 Å². The van der Waals surface area contributed by atoms with Gasteiger partial charge in [0, 0.05) is 24.6 Å². The monoisotopic (exact) mass is 251 g/mol. The Morgan fingerprint density at radius 1 is 1.47 bits per heavy atom. The molecule has 1 atom stereocenters. The number of ether oxygens (including phenoxy) is 1. The van der Waals surface area contributed by atoms with Gasteiger partial charge in [-0.25, -0.2) is 0 Å². The fourth-order valence-electron chi connectivity index (χ4n) is 2.61. The molecule has 0 aromatic carbocycles. The van der Waals surface area contributed by atoms with E-state index in [1.165, 1.54) is 10.4 Å². The summed E-state index contributed by atoms with van der Waals surface area (Å²) in [7, 11) is 0. The van der Waals surface area contributed by atoms with Gasteiger partial charge in [-0.1, -0.05) is 0 Å². The molecule has 0 saturated carbocycles. The smallest absolute Gasteiger partial charge is 0.251 e. The van der Waals surface area contributed by atoms with Crippen LogP contribution in [0.2, 0.25) is 0 Å². The first-order chi connectivity index (χ1) is 8.34. The molecule has 3 heterocycles. The number of nitrogens with zero attached hydrogens (tertiary/aromatic N) is 1. The van der Waals surface area contributed by atoms with Crippen LogP contribution in [0.4, 0.5) is 0 Å². The summed E-state index contributed by atoms with van der Waals surface area (Å²) in [5, 5.41) is 2.13. The zero-order valence-electron chi connectivity index (χ0n) is 9.85. The van der Waals surface area contributed by atoms with Crippen LogP contribution in [0.1, 0.15) is 29.7 Å². The van der Waals surface area contributed by atoms with E-state index in [4.69, 9.17) is 4.74 Å². The molecule has 1 aromatic heterocycles. The third-order valence-corrected chi connectivity index (χ3v) is 4.57. The predicted molar refractivity (Wildman–Crippen MR) is 67.0 cm³/mol. The number of thiophene rings is 1. The summed E-state index contributed by atoms with van der Waals surface area (Å²) in [5.74, 6) is 0.196. The highest BCUT2D eigenvalue weighted by molar-refractivity contribution is 7.10. The highest BCUT2D eigenvalue weighted by Crippen LogP contribution is 2.25. The highest BCUT2D eigenvalue weighted by Gasteiger charge is 2.29. The van der Waals surface area contributed by atoms with Crippen molar-refractivity contribution in [3.8, 4) is 0 Å². The van der Waals surface area contributed by atoms with Crippen LogP contribution in [-0.2, 0) is 22.5 Å². The molecular weight excluding hydrogens is 234 g/mol. The molecule has 2 aliphatic rings. The molecule has 1 aromatic rings. The van der Waals surface area contributed by atoms with Crippen molar-refractivity contribution in [2.75, 3.05) is 13.2 Å². The predicted octanol–water partition coefficient (Wildman–Crippen LogP) is 2.20. The summed E-state index contributed by atoms with van der Waals surface area (Å²) in [4.78, 5) is 15.7. The normalized spacial score (nSPS) is 24.5. The Labute approximate surface area is 105 Å². The Hall–Kier alpha value is -0.870. The molecule has 0 spiro atoms. The zero-order chi connectivity index (χ0) is 11.7. The second-order valence-electron chi connectivity index (χ2n) is 4.73. The maximum atomic E-state index is 12.3. The van der Waals surface area contributed by atoms with Crippen LogP contribution >= 0.6 is 11.3 Å². The zero-order valence-corrected chi connectivity index (χ0v) is 10.7. The van der Waals surface area contributed by atoms with Gasteiger partial charge in [-0.05, 0) is 42.7 Å². The van der Waals surface area contributed by atoms with Crippen LogP contribution in [0.15, 0.2) is 11.4 Å². The molecule has 1 unspecified atom stereocenters. The van der Waals surface area contributed by atoms with Crippen LogP contribution < -0.4 is 0 Å². The van der Waals surface area contributed by atoms with E-state index in [0.29, 0.717) is 0 Å². The molecule has 2 aliphatic heterocycles. The molecule has 1 saturated heterocycles. The molecule has 4 heteroatoms. The molecule has 0 N–H and O–H groups in total. The maximum Gasteiger partial charge on any atom is 0.251 e. The number of rotatable bonds is 1. The topological polar surface area (TPSA) is 29.5 Å². The van der Waals surface area contributed by atoms with Gasteiger partial charge < -0.3 is 9.64 Å². The minimum absolute atomic E-state index is 0.171. The quantitative estimate of drug-likeness (QED) is 0.766. The SMILES string of the molecule is O=C(C1CCCO1)N1CCCc2sccc2C1. The number of carbonyl (C=O) groups excluding carboxylic acids is 1. The largest absolute Gasteiger partial charge is 0.368 e.